The SMILES string of the molecule is c1ccc(-c2ccc(N(c3ccc4c(c3)c3ccccc3n4-c3ccccc3)c3cccc4c3sc3c(-c5ccccc5)cccc34)c3c2oc2ccccc23)cc1. The van der Waals surface area contributed by atoms with Crippen LogP contribution in [0.25, 0.3) is 91.9 Å². The molecule has 12 rings (SSSR count). The van der Waals surface area contributed by atoms with E-state index in [-0.39, 0.29) is 0 Å². The summed E-state index contributed by atoms with van der Waals surface area (Å²) >= 11 is 1.88. The van der Waals surface area contributed by atoms with E-state index in [1.807, 2.05) is 11.3 Å². The van der Waals surface area contributed by atoms with E-state index in [2.05, 4.69) is 216 Å². The largest absolute Gasteiger partial charge is 0.455 e. The highest BCUT2D eigenvalue weighted by Gasteiger charge is 2.25. The molecule has 0 fully saturated rings. The van der Waals surface area contributed by atoms with Crippen LogP contribution >= 0.6 is 11.3 Å². The van der Waals surface area contributed by atoms with Crippen LogP contribution in [0.5, 0.6) is 0 Å². The summed E-state index contributed by atoms with van der Waals surface area (Å²) in [5.74, 6) is 0. The number of para-hydroxylation sites is 3. The van der Waals surface area contributed by atoms with Gasteiger partial charge < -0.3 is 13.9 Å². The molecule has 4 heteroatoms. The van der Waals surface area contributed by atoms with Crippen molar-refractivity contribution in [3.63, 3.8) is 0 Å². The molecular formula is C54H34N2OS. The van der Waals surface area contributed by atoms with Gasteiger partial charge in [-0.3, -0.25) is 0 Å². The molecule has 0 bridgehead atoms. The molecule has 0 atom stereocenters. The van der Waals surface area contributed by atoms with Gasteiger partial charge >= 0.3 is 0 Å². The third kappa shape index (κ3) is 4.99. The van der Waals surface area contributed by atoms with Crippen LogP contribution in [0.2, 0.25) is 0 Å². The zero-order valence-electron chi connectivity index (χ0n) is 31.3. The first-order valence-electron chi connectivity index (χ1n) is 19.7. The van der Waals surface area contributed by atoms with Crippen molar-refractivity contribution in [2.75, 3.05) is 4.90 Å². The van der Waals surface area contributed by atoms with Crippen molar-refractivity contribution >= 4 is 92.3 Å². The summed E-state index contributed by atoms with van der Waals surface area (Å²) in [7, 11) is 0. The second kappa shape index (κ2) is 13.1. The van der Waals surface area contributed by atoms with Gasteiger partial charge in [0.1, 0.15) is 11.2 Å². The molecule has 0 aliphatic rings. The Hall–Kier alpha value is -7.40. The Bertz CT molecular complexity index is 3510. The molecule has 0 radical (unpaired) electrons. The highest BCUT2D eigenvalue weighted by atomic mass is 32.1. The molecule has 0 aliphatic heterocycles. The Labute approximate surface area is 338 Å². The van der Waals surface area contributed by atoms with Gasteiger partial charge in [-0.05, 0) is 77.4 Å². The molecule has 0 N–H and O–H groups in total. The van der Waals surface area contributed by atoms with Crippen LogP contribution in [0.4, 0.5) is 17.1 Å². The van der Waals surface area contributed by atoms with Crippen molar-refractivity contribution < 1.29 is 4.42 Å². The Morgan fingerprint density at radius 2 is 1.03 bits per heavy atom. The van der Waals surface area contributed by atoms with Crippen LogP contribution < -0.4 is 4.90 Å². The molecule has 3 heterocycles. The van der Waals surface area contributed by atoms with Crippen LogP contribution in [-0.4, -0.2) is 4.57 Å². The summed E-state index contributed by atoms with van der Waals surface area (Å²) in [6.07, 6.45) is 0. The molecule has 0 unspecified atom stereocenters. The fraction of sp³-hybridized carbons (Fsp3) is 0. The molecule has 0 amide bonds. The number of aromatic nitrogens is 1. The summed E-state index contributed by atoms with van der Waals surface area (Å²) in [6, 6.07) is 74.2. The second-order valence-corrected chi connectivity index (χ2v) is 15.9. The van der Waals surface area contributed by atoms with Crippen molar-refractivity contribution in [3.8, 4) is 27.9 Å². The first-order valence-corrected chi connectivity index (χ1v) is 20.5. The van der Waals surface area contributed by atoms with E-state index in [1.54, 1.807) is 0 Å². The second-order valence-electron chi connectivity index (χ2n) is 14.8. The average Bonchev–Trinajstić information content (AvgIpc) is 3.98. The van der Waals surface area contributed by atoms with Crippen LogP contribution in [0.15, 0.2) is 211 Å². The molecule has 0 saturated heterocycles. The van der Waals surface area contributed by atoms with Gasteiger partial charge in [-0.15, -0.1) is 11.3 Å². The van der Waals surface area contributed by atoms with Crippen molar-refractivity contribution in [1.29, 1.82) is 0 Å². The zero-order chi connectivity index (χ0) is 38.2. The highest BCUT2D eigenvalue weighted by Crippen LogP contribution is 2.51. The van der Waals surface area contributed by atoms with E-state index in [9.17, 15) is 0 Å². The van der Waals surface area contributed by atoms with E-state index in [4.69, 9.17) is 4.42 Å². The van der Waals surface area contributed by atoms with Gasteiger partial charge in [0.2, 0.25) is 0 Å². The van der Waals surface area contributed by atoms with Gasteiger partial charge in [0, 0.05) is 48.6 Å². The van der Waals surface area contributed by atoms with E-state index in [1.165, 1.54) is 53.1 Å². The summed E-state index contributed by atoms with van der Waals surface area (Å²) in [6.45, 7) is 0. The normalized spacial score (nSPS) is 11.8. The van der Waals surface area contributed by atoms with Crippen molar-refractivity contribution in [2.45, 2.75) is 0 Å². The molecule has 272 valence electrons. The third-order valence-corrected chi connectivity index (χ3v) is 12.9. The Kier molecular flexibility index (Phi) is 7.40. The highest BCUT2D eigenvalue weighted by molar-refractivity contribution is 7.27. The predicted molar refractivity (Wildman–Crippen MR) is 247 cm³/mol. The van der Waals surface area contributed by atoms with E-state index < -0.39 is 0 Å². The maximum absolute atomic E-state index is 6.85. The van der Waals surface area contributed by atoms with Gasteiger partial charge in [0.25, 0.3) is 0 Å². The summed E-state index contributed by atoms with van der Waals surface area (Å²) in [4.78, 5) is 2.48. The van der Waals surface area contributed by atoms with Crippen molar-refractivity contribution in [1.82, 2.24) is 4.57 Å². The van der Waals surface area contributed by atoms with Gasteiger partial charge in [-0.1, -0.05) is 146 Å². The number of hydrogen-bond donors (Lipinski definition) is 0. The smallest absolute Gasteiger partial charge is 0.145 e. The molecule has 58 heavy (non-hydrogen) atoms. The van der Waals surface area contributed by atoms with Crippen molar-refractivity contribution in [2.24, 2.45) is 0 Å². The monoisotopic (exact) mass is 758 g/mol. The first kappa shape index (κ1) is 32.8. The standard InChI is InChI=1S/C54H34N2OS/c1-4-16-35(17-5-1)39-31-33-48(51-44-23-11-13-29-50(44)57-52(39)51)56(38-30-32-47-45(34-38)41-22-10-12-27-46(41)55(47)37-20-8-3-9-21-37)49-28-15-26-43-42-25-14-24-40(53(42)58-54(43)49)36-18-6-2-7-19-36/h1-34H. The Balaban J connectivity index is 1.19. The molecule has 0 saturated carbocycles. The lowest BCUT2D eigenvalue weighted by molar-refractivity contribution is 0.670. The zero-order valence-corrected chi connectivity index (χ0v) is 32.2. The Morgan fingerprint density at radius 3 is 1.83 bits per heavy atom. The average molecular weight is 759 g/mol. The van der Waals surface area contributed by atoms with Crippen LogP contribution in [-0.2, 0) is 0 Å². The third-order valence-electron chi connectivity index (χ3n) is 11.6. The molecule has 12 aromatic rings. The summed E-state index contributed by atoms with van der Waals surface area (Å²) in [5, 5.41) is 7.11. The quantitative estimate of drug-likeness (QED) is 0.168. The number of nitrogens with zero attached hydrogens (tertiary/aromatic N) is 2. The minimum absolute atomic E-state index is 0.871. The van der Waals surface area contributed by atoms with E-state index >= 15 is 0 Å². The lowest BCUT2D eigenvalue weighted by atomic mass is 9.99. The van der Waals surface area contributed by atoms with Gasteiger partial charge in [-0.2, -0.15) is 0 Å². The number of benzene rings is 9. The number of thiophene rings is 1. The molecule has 0 aliphatic carbocycles. The summed E-state index contributed by atoms with van der Waals surface area (Å²) in [5.41, 5.74) is 13.2. The molecular weight excluding hydrogens is 725 g/mol. The molecule has 3 nitrogen and oxygen atoms in total. The number of rotatable bonds is 6. The minimum atomic E-state index is 0.871. The maximum Gasteiger partial charge on any atom is 0.145 e. The van der Waals surface area contributed by atoms with Crippen LogP contribution in [0.1, 0.15) is 0 Å². The topological polar surface area (TPSA) is 21.3 Å². The molecule has 9 aromatic carbocycles. The summed E-state index contributed by atoms with van der Waals surface area (Å²) < 4.78 is 11.8. The number of anilines is 3. The fourth-order valence-electron chi connectivity index (χ4n) is 9.03. The van der Waals surface area contributed by atoms with E-state index in [0.29, 0.717) is 0 Å². The van der Waals surface area contributed by atoms with Crippen LogP contribution in [0, 0.1) is 0 Å². The minimum Gasteiger partial charge on any atom is -0.455 e. The lowest BCUT2D eigenvalue weighted by Crippen LogP contribution is -2.10. The molecule has 3 aromatic heterocycles. The number of hydrogen-bond acceptors (Lipinski definition) is 3. The van der Waals surface area contributed by atoms with Crippen molar-refractivity contribution in [3.05, 3.63) is 206 Å². The van der Waals surface area contributed by atoms with E-state index in [0.717, 1.165) is 55.8 Å². The predicted octanol–water partition coefficient (Wildman–Crippen LogP) is 15.9. The number of fused-ring (bicyclic) bond motifs is 9. The molecule has 0 spiro atoms. The van der Waals surface area contributed by atoms with Crippen LogP contribution in [0.3, 0.4) is 0 Å². The number of furan rings is 1. The maximum atomic E-state index is 6.85. The Morgan fingerprint density at radius 1 is 0.414 bits per heavy atom. The van der Waals surface area contributed by atoms with Gasteiger partial charge in [0.05, 0.1) is 32.5 Å². The first-order chi connectivity index (χ1) is 28.8. The van der Waals surface area contributed by atoms with Gasteiger partial charge in [-0.25, -0.2) is 0 Å². The van der Waals surface area contributed by atoms with Gasteiger partial charge in [0.15, 0.2) is 0 Å². The lowest BCUT2D eigenvalue weighted by Gasteiger charge is -2.27. The fourth-order valence-corrected chi connectivity index (χ4v) is 10.4.